The van der Waals surface area contributed by atoms with Gasteiger partial charge in [-0.3, -0.25) is 9.59 Å². The monoisotopic (exact) mass is 590 g/mol. The molecule has 3 aromatic rings. The highest BCUT2D eigenvalue weighted by molar-refractivity contribution is 6.01. The van der Waals surface area contributed by atoms with Crippen LogP contribution >= 0.6 is 0 Å². The molecule has 0 spiro atoms. The molecule has 0 radical (unpaired) electrons. The zero-order valence-electron chi connectivity index (χ0n) is 24.8. The molecule has 0 unspecified atom stereocenters. The van der Waals surface area contributed by atoms with Crippen molar-refractivity contribution in [3.8, 4) is 5.75 Å². The Morgan fingerprint density at radius 3 is 2.37 bits per heavy atom. The average Bonchev–Trinajstić information content (AvgIpc) is 3.38. The van der Waals surface area contributed by atoms with Crippen LogP contribution < -0.4 is 10.1 Å². The number of nitrogens with one attached hydrogen (secondary N) is 1. The topological polar surface area (TPSA) is 106 Å². The first-order valence-electron chi connectivity index (χ1n) is 14.5. The number of carbonyl (C=O) groups excluding carboxylic acids is 2. The lowest BCUT2D eigenvalue weighted by atomic mass is 9.83. The van der Waals surface area contributed by atoms with Gasteiger partial charge in [0.05, 0.1) is 6.61 Å². The minimum absolute atomic E-state index is 0.0426. The highest BCUT2D eigenvalue weighted by Gasteiger charge is 2.53. The fourth-order valence-corrected chi connectivity index (χ4v) is 4.81. The number of esters is 1. The van der Waals surface area contributed by atoms with E-state index in [-0.39, 0.29) is 43.6 Å². The first-order chi connectivity index (χ1) is 20.6. The summed E-state index contributed by atoms with van der Waals surface area (Å²) >= 11 is 0. The summed E-state index contributed by atoms with van der Waals surface area (Å²) in [6.07, 6.45) is 0.198. The number of aliphatic hydroxyl groups is 1. The van der Waals surface area contributed by atoms with Gasteiger partial charge in [-0.1, -0.05) is 42.5 Å². The Kier molecular flexibility index (Phi) is 10.5. The molecule has 43 heavy (non-hydrogen) atoms. The van der Waals surface area contributed by atoms with Crippen molar-refractivity contribution in [3.63, 3.8) is 0 Å². The quantitative estimate of drug-likeness (QED) is 0.206. The highest BCUT2D eigenvalue weighted by atomic mass is 19.1. The third-order valence-electron chi connectivity index (χ3n) is 6.88. The van der Waals surface area contributed by atoms with Crippen LogP contribution in [-0.4, -0.2) is 53.8 Å². The van der Waals surface area contributed by atoms with E-state index in [1.807, 2.05) is 30.3 Å². The Morgan fingerprint density at radius 2 is 1.72 bits per heavy atom. The summed E-state index contributed by atoms with van der Waals surface area (Å²) in [6, 6.07) is 22.6. The summed E-state index contributed by atoms with van der Waals surface area (Å²) in [5.74, 6) is -0.245. The average molecular weight is 591 g/mol. The number of halogens is 1. The van der Waals surface area contributed by atoms with E-state index in [1.165, 1.54) is 12.1 Å². The number of aliphatic imine (C=N–C) groups is 1. The molecule has 2 atom stereocenters. The maximum absolute atomic E-state index is 14.1. The minimum Gasteiger partial charge on any atom is -0.494 e. The SMILES string of the molecule is CC(C)(C)OC(=O)CC[C@@]1(C(=O)NCCc2ccc(F)cc2)N=C(c2ccc(OCCCO)cc2)O[C@@H]1c1ccccc1. The Balaban J connectivity index is 1.65. The first kappa shape index (κ1) is 31.7. The van der Waals surface area contributed by atoms with Crippen LogP contribution in [0.25, 0.3) is 0 Å². The normalized spacial score (nSPS) is 18.0. The van der Waals surface area contributed by atoms with E-state index >= 15 is 0 Å². The summed E-state index contributed by atoms with van der Waals surface area (Å²) in [4.78, 5) is 31.9. The third-order valence-corrected chi connectivity index (χ3v) is 6.88. The van der Waals surface area contributed by atoms with E-state index in [0.717, 1.165) is 11.1 Å². The molecule has 1 amide bonds. The molecule has 1 aliphatic rings. The van der Waals surface area contributed by atoms with Crippen LogP contribution in [0.1, 0.15) is 62.8 Å². The molecule has 0 aliphatic carbocycles. The van der Waals surface area contributed by atoms with Gasteiger partial charge in [-0.25, -0.2) is 9.38 Å². The van der Waals surface area contributed by atoms with E-state index < -0.39 is 23.2 Å². The lowest BCUT2D eigenvalue weighted by Gasteiger charge is -2.31. The highest BCUT2D eigenvalue weighted by Crippen LogP contribution is 2.43. The number of hydrogen-bond acceptors (Lipinski definition) is 7. The number of ether oxygens (including phenoxy) is 3. The van der Waals surface area contributed by atoms with Crippen LogP contribution in [0.2, 0.25) is 0 Å². The zero-order chi connectivity index (χ0) is 30.9. The fourth-order valence-electron chi connectivity index (χ4n) is 4.81. The molecule has 0 fully saturated rings. The van der Waals surface area contributed by atoms with Gasteiger partial charge >= 0.3 is 5.97 Å². The van der Waals surface area contributed by atoms with Gasteiger partial charge in [0.1, 0.15) is 17.2 Å². The largest absolute Gasteiger partial charge is 0.494 e. The van der Waals surface area contributed by atoms with Gasteiger partial charge < -0.3 is 24.6 Å². The summed E-state index contributed by atoms with van der Waals surface area (Å²) in [5, 5.41) is 12.0. The molecule has 4 rings (SSSR count). The van der Waals surface area contributed by atoms with Crippen molar-refractivity contribution in [2.24, 2.45) is 4.99 Å². The van der Waals surface area contributed by atoms with Crippen LogP contribution in [0.5, 0.6) is 5.75 Å². The van der Waals surface area contributed by atoms with E-state index in [1.54, 1.807) is 57.2 Å². The van der Waals surface area contributed by atoms with Crippen LogP contribution in [0.15, 0.2) is 83.9 Å². The van der Waals surface area contributed by atoms with Crippen molar-refractivity contribution in [3.05, 3.63) is 101 Å². The molecule has 0 aromatic heterocycles. The van der Waals surface area contributed by atoms with Crippen LogP contribution in [0, 0.1) is 5.82 Å². The standard InChI is InChI=1S/C34H39FN2O6/c1-33(2,3)43-29(39)18-20-34(32(40)36-21-19-24-10-14-27(35)15-11-24)30(25-8-5-4-6-9-25)42-31(37-34)26-12-16-28(17-13-26)41-23-7-22-38/h4-6,8-17,30,38H,7,18-23H2,1-3H3,(H,36,40)/t30-,34-/m1/s1. The molecule has 228 valence electrons. The van der Waals surface area contributed by atoms with Crippen molar-refractivity contribution in [1.29, 1.82) is 0 Å². The van der Waals surface area contributed by atoms with Crippen LogP contribution in [0.4, 0.5) is 4.39 Å². The van der Waals surface area contributed by atoms with Crippen molar-refractivity contribution in [1.82, 2.24) is 5.32 Å². The number of nitrogens with zero attached hydrogens (tertiary/aromatic N) is 1. The van der Waals surface area contributed by atoms with Gasteiger partial charge in [-0.05, 0) is 81.1 Å². The third kappa shape index (κ3) is 8.64. The molecular formula is C34H39FN2O6. The van der Waals surface area contributed by atoms with Gasteiger partial charge in [0.15, 0.2) is 11.6 Å². The van der Waals surface area contributed by atoms with E-state index in [0.29, 0.717) is 30.8 Å². The second-order valence-electron chi connectivity index (χ2n) is 11.4. The smallest absolute Gasteiger partial charge is 0.306 e. The fraction of sp³-hybridized carbons (Fsp3) is 0.382. The maximum atomic E-state index is 14.1. The molecule has 1 aliphatic heterocycles. The van der Waals surface area contributed by atoms with Crippen LogP contribution in [0.3, 0.4) is 0 Å². The first-order valence-corrected chi connectivity index (χ1v) is 14.5. The van der Waals surface area contributed by atoms with Gasteiger partial charge in [-0.2, -0.15) is 0 Å². The van der Waals surface area contributed by atoms with Crippen molar-refractivity contribution in [2.75, 3.05) is 19.8 Å². The molecule has 2 N–H and O–H groups in total. The number of amides is 1. The molecule has 9 heteroatoms. The predicted molar refractivity (Wildman–Crippen MR) is 161 cm³/mol. The van der Waals surface area contributed by atoms with E-state index in [9.17, 15) is 14.0 Å². The molecule has 0 saturated carbocycles. The predicted octanol–water partition coefficient (Wildman–Crippen LogP) is 5.32. The lowest BCUT2D eigenvalue weighted by Crippen LogP contribution is -2.49. The Bertz CT molecular complexity index is 1390. The summed E-state index contributed by atoms with van der Waals surface area (Å²) in [5.41, 5.74) is 0.114. The minimum atomic E-state index is -1.47. The Labute approximate surface area is 251 Å². The van der Waals surface area contributed by atoms with E-state index in [2.05, 4.69) is 5.32 Å². The zero-order valence-corrected chi connectivity index (χ0v) is 24.8. The number of carbonyl (C=O) groups is 2. The van der Waals surface area contributed by atoms with Crippen molar-refractivity contribution in [2.45, 2.75) is 63.7 Å². The van der Waals surface area contributed by atoms with Gasteiger partial charge in [-0.15, -0.1) is 0 Å². The van der Waals surface area contributed by atoms with Crippen molar-refractivity contribution < 1.29 is 33.3 Å². The number of hydrogen-bond donors (Lipinski definition) is 2. The number of aliphatic hydroxyl groups excluding tert-OH is 1. The summed E-state index contributed by atoms with van der Waals surface area (Å²) in [6.45, 7) is 6.09. The molecule has 3 aromatic carbocycles. The number of rotatable bonds is 13. The lowest BCUT2D eigenvalue weighted by molar-refractivity contribution is -0.155. The molecular weight excluding hydrogens is 551 g/mol. The van der Waals surface area contributed by atoms with Gasteiger partial charge in [0, 0.05) is 31.6 Å². The van der Waals surface area contributed by atoms with E-state index in [4.69, 9.17) is 24.3 Å². The molecule has 8 nitrogen and oxygen atoms in total. The molecule has 0 bridgehead atoms. The Hall–Kier alpha value is -4.24. The summed E-state index contributed by atoms with van der Waals surface area (Å²) < 4.78 is 31.0. The summed E-state index contributed by atoms with van der Waals surface area (Å²) in [7, 11) is 0. The van der Waals surface area contributed by atoms with Gasteiger partial charge in [0.25, 0.3) is 5.91 Å². The van der Waals surface area contributed by atoms with Crippen molar-refractivity contribution >= 4 is 17.8 Å². The number of benzene rings is 3. The Morgan fingerprint density at radius 1 is 1.02 bits per heavy atom. The molecule has 1 heterocycles. The second-order valence-corrected chi connectivity index (χ2v) is 11.4. The van der Waals surface area contributed by atoms with Gasteiger partial charge in [0.2, 0.25) is 5.90 Å². The molecule has 0 saturated heterocycles. The maximum Gasteiger partial charge on any atom is 0.306 e. The van der Waals surface area contributed by atoms with Crippen LogP contribution in [-0.2, 0) is 25.5 Å². The second kappa shape index (κ2) is 14.3.